The largest absolute Gasteiger partial charge is 0.281 e. The van der Waals surface area contributed by atoms with Gasteiger partial charge in [-0.05, 0) is 12.1 Å². The number of halogens is 1. The SMILES string of the molecule is CS(=O)(=O)Cc1nnc(CCl)n1-c1ccccc1. The van der Waals surface area contributed by atoms with Crippen LogP contribution >= 0.6 is 11.6 Å². The molecule has 1 aromatic carbocycles. The van der Waals surface area contributed by atoms with Crippen LogP contribution in [0, 0.1) is 0 Å². The number of para-hydroxylation sites is 1. The number of alkyl halides is 1. The van der Waals surface area contributed by atoms with Crippen LogP contribution in [0.4, 0.5) is 0 Å². The summed E-state index contributed by atoms with van der Waals surface area (Å²) in [5, 5.41) is 7.81. The third-order valence-corrected chi connectivity index (χ3v) is 3.34. The van der Waals surface area contributed by atoms with Crippen molar-refractivity contribution in [2.75, 3.05) is 6.26 Å². The first-order chi connectivity index (χ1) is 8.51. The minimum absolute atomic E-state index is 0.161. The molecule has 0 aliphatic rings. The normalized spacial score (nSPS) is 11.7. The van der Waals surface area contributed by atoms with E-state index in [9.17, 15) is 8.42 Å². The Labute approximate surface area is 110 Å². The van der Waals surface area contributed by atoms with Crippen molar-refractivity contribution in [3.05, 3.63) is 42.0 Å². The number of hydrogen-bond acceptors (Lipinski definition) is 4. The summed E-state index contributed by atoms with van der Waals surface area (Å²) >= 11 is 5.79. The van der Waals surface area contributed by atoms with Gasteiger partial charge < -0.3 is 0 Å². The van der Waals surface area contributed by atoms with E-state index >= 15 is 0 Å². The van der Waals surface area contributed by atoms with Crippen molar-refractivity contribution in [3.8, 4) is 5.69 Å². The maximum Gasteiger partial charge on any atom is 0.154 e. The standard InChI is InChI=1S/C11H12ClN3O2S/c1-18(16,17)8-11-14-13-10(7-12)15(11)9-5-3-2-4-6-9/h2-6H,7-8H2,1H3. The highest BCUT2D eigenvalue weighted by atomic mass is 35.5. The van der Waals surface area contributed by atoms with E-state index in [1.54, 1.807) is 4.57 Å². The molecule has 7 heteroatoms. The summed E-state index contributed by atoms with van der Waals surface area (Å²) in [5.74, 6) is 0.915. The van der Waals surface area contributed by atoms with Gasteiger partial charge in [0.05, 0.1) is 5.88 Å². The van der Waals surface area contributed by atoms with Crippen LogP contribution in [0.5, 0.6) is 0 Å². The van der Waals surface area contributed by atoms with Gasteiger partial charge in [-0.25, -0.2) is 8.42 Å². The predicted octanol–water partition coefficient (Wildman–Crippen LogP) is 1.55. The lowest BCUT2D eigenvalue weighted by atomic mass is 10.3. The average Bonchev–Trinajstić information content (AvgIpc) is 2.70. The monoisotopic (exact) mass is 285 g/mol. The fourth-order valence-electron chi connectivity index (χ4n) is 1.64. The van der Waals surface area contributed by atoms with E-state index in [2.05, 4.69) is 10.2 Å². The maximum absolute atomic E-state index is 11.4. The van der Waals surface area contributed by atoms with Crippen molar-refractivity contribution < 1.29 is 8.42 Å². The van der Waals surface area contributed by atoms with Gasteiger partial charge in [-0.3, -0.25) is 4.57 Å². The van der Waals surface area contributed by atoms with Crippen LogP contribution in [0.3, 0.4) is 0 Å². The lowest BCUT2D eigenvalue weighted by molar-refractivity contribution is 0.599. The van der Waals surface area contributed by atoms with Gasteiger partial charge in [0.2, 0.25) is 0 Å². The first-order valence-electron chi connectivity index (χ1n) is 5.23. The van der Waals surface area contributed by atoms with Crippen LogP contribution in [-0.2, 0) is 21.5 Å². The van der Waals surface area contributed by atoms with Crippen LogP contribution in [0.2, 0.25) is 0 Å². The molecule has 0 unspecified atom stereocenters. The Bertz CT molecular complexity index is 638. The van der Waals surface area contributed by atoms with Crippen molar-refractivity contribution >= 4 is 21.4 Å². The maximum atomic E-state index is 11.4. The summed E-state index contributed by atoms with van der Waals surface area (Å²) in [6.07, 6.45) is 1.16. The summed E-state index contributed by atoms with van der Waals surface area (Å²) in [4.78, 5) is 0. The molecule has 0 bridgehead atoms. The number of benzene rings is 1. The van der Waals surface area contributed by atoms with Crippen molar-refractivity contribution in [1.82, 2.24) is 14.8 Å². The fourth-order valence-corrected chi connectivity index (χ4v) is 2.47. The van der Waals surface area contributed by atoms with E-state index in [0.29, 0.717) is 11.6 Å². The second-order valence-electron chi connectivity index (χ2n) is 3.91. The van der Waals surface area contributed by atoms with E-state index in [4.69, 9.17) is 11.6 Å². The Morgan fingerprint density at radius 3 is 2.33 bits per heavy atom. The van der Waals surface area contributed by atoms with E-state index in [1.165, 1.54) is 0 Å². The zero-order valence-corrected chi connectivity index (χ0v) is 11.3. The van der Waals surface area contributed by atoms with Crippen LogP contribution in [0.25, 0.3) is 5.69 Å². The lowest BCUT2D eigenvalue weighted by Gasteiger charge is -2.08. The molecule has 0 saturated heterocycles. The van der Waals surface area contributed by atoms with Gasteiger partial charge in [-0.2, -0.15) is 0 Å². The molecule has 0 fully saturated rings. The molecule has 0 aliphatic heterocycles. The summed E-state index contributed by atoms with van der Waals surface area (Å²) in [7, 11) is -3.17. The first kappa shape index (κ1) is 13.0. The zero-order valence-electron chi connectivity index (χ0n) is 9.75. The summed E-state index contributed by atoms with van der Waals surface area (Å²) in [5.41, 5.74) is 0.803. The van der Waals surface area contributed by atoms with Gasteiger partial charge in [0.1, 0.15) is 5.75 Å². The molecule has 2 aromatic rings. The molecule has 0 amide bonds. The molecule has 0 aliphatic carbocycles. The Morgan fingerprint density at radius 2 is 1.78 bits per heavy atom. The molecule has 1 aromatic heterocycles. The third kappa shape index (κ3) is 2.88. The first-order valence-corrected chi connectivity index (χ1v) is 7.83. The van der Waals surface area contributed by atoms with Gasteiger partial charge in [0.15, 0.2) is 21.5 Å². The molecular formula is C11H12ClN3O2S. The smallest absolute Gasteiger partial charge is 0.154 e. The highest BCUT2D eigenvalue weighted by Crippen LogP contribution is 2.16. The van der Waals surface area contributed by atoms with Gasteiger partial charge in [0, 0.05) is 11.9 Å². The topological polar surface area (TPSA) is 64.8 Å². The Morgan fingerprint density at radius 1 is 1.17 bits per heavy atom. The van der Waals surface area contributed by atoms with Crippen LogP contribution < -0.4 is 0 Å². The molecular weight excluding hydrogens is 274 g/mol. The minimum atomic E-state index is -3.17. The molecule has 0 N–H and O–H groups in total. The molecule has 2 rings (SSSR count). The zero-order chi connectivity index (χ0) is 13.2. The van der Waals surface area contributed by atoms with Crippen molar-refractivity contribution in [3.63, 3.8) is 0 Å². The number of aromatic nitrogens is 3. The molecule has 0 spiro atoms. The van der Waals surface area contributed by atoms with Gasteiger partial charge in [-0.15, -0.1) is 21.8 Å². The lowest BCUT2D eigenvalue weighted by Crippen LogP contribution is -2.09. The molecule has 1 heterocycles. The van der Waals surface area contributed by atoms with E-state index in [-0.39, 0.29) is 11.6 Å². The quantitative estimate of drug-likeness (QED) is 0.800. The fraction of sp³-hybridized carbons (Fsp3) is 0.273. The Hall–Kier alpha value is -1.40. The second-order valence-corrected chi connectivity index (χ2v) is 6.31. The highest BCUT2D eigenvalue weighted by molar-refractivity contribution is 7.89. The van der Waals surface area contributed by atoms with Gasteiger partial charge in [0.25, 0.3) is 0 Å². The minimum Gasteiger partial charge on any atom is -0.281 e. The second kappa shape index (κ2) is 5.07. The molecule has 0 saturated carbocycles. The highest BCUT2D eigenvalue weighted by Gasteiger charge is 2.16. The van der Waals surface area contributed by atoms with E-state index < -0.39 is 9.84 Å². The van der Waals surface area contributed by atoms with Gasteiger partial charge in [-0.1, -0.05) is 18.2 Å². The van der Waals surface area contributed by atoms with Crippen molar-refractivity contribution in [2.45, 2.75) is 11.6 Å². The Kier molecular flexibility index (Phi) is 3.68. The summed E-state index contributed by atoms with van der Waals surface area (Å²) in [6, 6.07) is 9.30. The van der Waals surface area contributed by atoms with E-state index in [1.807, 2.05) is 30.3 Å². The molecule has 0 radical (unpaired) electrons. The summed E-state index contributed by atoms with van der Waals surface area (Å²) < 4.78 is 24.4. The van der Waals surface area contributed by atoms with E-state index in [0.717, 1.165) is 11.9 Å². The van der Waals surface area contributed by atoms with Crippen LogP contribution in [-0.4, -0.2) is 29.4 Å². The van der Waals surface area contributed by atoms with Crippen molar-refractivity contribution in [1.29, 1.82) is 0 Å². The number of nitrogens with zero attached hydrogens (tertiary/aromatic N) is 3. The van der Waals surface area contributed by atoms with Gasteiger partial charge >= 0.3 is 0 Å². The van der Waals surface area contributed by atoms with Crippen LogP contribution in [0.1, 0.15) is 11.6 Å². The number of rotatable bonds is 4. The molecule has 18 heavy (non-hydrogen) atoms. The van der Waals surface area contributed by atoms with Crippen molar-refractivity contribution in [2.24, 2.45) is 0 Å². The molecule has 5 nitrogen and oxygen atoms in total. The number of sulfone groups is 1. The summed E-state index contributed by atoms with van der Waals surface area (Å²) in [6.45, 7) is 0. The average molecular weight is 286 g/mol. The Balaban J connectivity index is 2.53. The molecule has 96 valence electrons. The predicted molar refractivity (Wildman–Crippen MR) is 69.5 cm³/mol. The number of hydrogen-bond donors (Lipinski definition) is 0. The molecule has 0 atom stereocenters. The third-order valence-electron chi connectivity index (χ3n) is 2.32. The van der Waals surface area contributed by atoms with Crippen LogP contribution in [0.15, 0.2) is 30.3 Å².